The van der Waals surface area contributed by atoms with Gasteiger partial charge in [-0.05, 0) is 26.7 Å². The summed E-state index contributed by atoms with van der Waals surface area (Å²) in [4.78, 5) is 13.9. The van der Waals surface area contributed by atoms with Crippen LogP contribution in [0.25, 0.3) is 0 Å². The van der Waals surface area contributed by atoms with Gasteiger partial charge in [-0.15, -0.1) is 0 Å². The van der Waals surface area contributed by atoms with Crippen LogP contribution in [0, 0.1) is 19.8 Å². The fourth-order valence-electron chi connectivity index (χ4n) is 2.75. The average molecular weight is 278 g/mol. The van der Waals surface area contributed by atoms with Crippen molar-refractivity contribution in [2.24, 2.45) is 5.92 Å². The molecule has 2 rings (SSSR count). The van der Waals surface area contributed by atoms with E-state index in [4.69, 9.17) is 0 Å². The molecule has 0 atom stereocenters. The first kappa shape index (κ1) is 15.0. The molecule has 112 valence electrons. The maximum absolute atomic E-state index is 11.9. The molecule has 0 unspecified atom stereocenters. The van der Waals surface area contributed by atoms with Gasteiger partial charge in [0.25, 0.3) is 0 Å². The summed E-state index contributed by atoms with van der Waals surface area (Å²) in [5, 5.41) is 10.8. The lowest BCUT2D eigenvalue weighted by atomic mass is 10.0. The molecular weight excluding hydrogens is 252 g/mol. The van der Waals surface area contributed by atoms with Crippen LogP contribution in [0.4, 0.5) is 0 Å². The molecule has 2 heterocycles. The van der Waals surface area contributed by atoms with Gasteiger partial charge in [0.2, 0.25) is 5.91 Å². The number of nitrogens with one attached hydrogen (secondary N) is 2. The highest BCUT2D eigenvalue weighted by Gasteiger charge is 2.24. The Morgan fingerprint density at radius 1 is 1.40 bits per heavy atom. The predicted molar refractivity (Wildman–Crippen MR) is 79.3 cm³/mol. The number of aromatic amines is 1. The molecule has 1 aromatic rings. The molecule has 1 aliphatic heterocycles. The third kappa shape index (κ3) is 3.39. The van der Waals surface area contributed by atoms with E-state index in [-0.39, 0.29) is 11.8 Å². The first-order valence-electron chi connectivity index (χ1n) is 7.51. The molecule has 0 bridgehead atoms. The van der Waals surface area contributed by atoms with Crippen LogP contribution in [-0.2, 0) is 11.3 Å². The van der Waals surface area contributed by atoms with Crippen LogP contribution >= 0.6 is 0 Å². The van der Waals surface area contributed by atoms with Gasteiger partial charge < -0.3 is 10.2 Å². The van der Waals surface area contributed by atoms with Crippen molar-refractivity contribution in [1.82, 2.24) is 20.4 Å². The summed E-state index contributed by atoms with van der Waals surface area (Å²) < 4.78 is 0. The van der Waals surface area contributed by atoms with Crippen molar-refractivity contribution in [1.29, 1.82) is 0 Å². The normalized spacial score (nSPS) is 16.9. The van der Waals surface area contributed by atoms with Crippen molar-refractivity contribution in [2.45, 2.75) is 53.1 Å². The number of likely N-dealkylation sites (tertiary alicyclic amines) is 1. The Morgan fingerprint density at radius 3 is 2.55 bits per heavy atom. The van der Waals surface area contributed by atoms with Crippen LogP contribution in [0.3, 0.4) is 0 Å². The fourth-order valence-corrected chi connectivity index (χ4v) is 2.75. The number of nitrogens with zero attached hydrogens (tertiary/aromatic N) is 2. The van der Waals surface area contributed by atoms with Gasteiger partial charge in [0.05, 0.1) is 5.69 Å². The number of aromatic nitrogens is 2. The molecular formula is C15H26N4O. The number of carbonyl (C=O) groups excluding carboxylic acids is 1. The maximum Gasteiger partial charge on any atom is 0.225 e. The SMILES string of the molecule is Cc1n[nH]c(C)c1CNC1CCN(C(=O)C(C)C)CC1. The summed E-state index contributed by atoms with van der Waals surface area (Å²) in [6, 6.07) is 0.500. The summed E-state index contributed by atoms with van der Waals surface area (Å²) in [5.41, 5.74) is 3.48. The van der Waals surface area contributed by atoms with Crippen LogP contribution in [0.15, 0.2) is 0 Å². The zero-order chi connectivity index (χ0) is 14.7. The second kappa shape index (κ2) is 6.39. The number of hydrogen-bond acceptors (Lipinski definition) is 3. The first-order valence-corrected chi connectivity index (χ1v) is 7.51. The summed E-state index contributed by atoms with van der Waals surface area (Å²) in [5.74, 6) is 0.390. The Hall–Kier alpha value is -1.36. The molecule has 5 nitrogen and oxygen atoms in total. The van der Waals surface area contributed by atoms with E-state index in [1.54, 1.807) is 0 Å². The standard InChI is InChI=1S/C15H26N4O/c1-10(2)15(20)19-7-5-13(6-8-19)16-9-14-11(3)17-18-12(14)4/h10,13,16H,5-9H2,1-4H3,(H,17,18). The van der Waals surface area contributed by atoms with Crippen molar-refractivity contribution < 1.29 is 4.79 Å². The molecule has 1 fully saturated rings. The first-order chi connectivity index (χ1) is 9.49. The minimum absolute atomic E-state index is 0.107. The summed E-state index contributed by atoms with van der Waals surface area (Å²) in [6.07, 6.45) is 2.07. The minimum atomic E-state index is 0.107. The van der Waals surface area contributed by atoms with E-state index in [2.05, 4.69) is 22.4 Å². The lowest BCUT2D eigenvalue weighted by Crippen LogP contribution is -2.46. The Bertz CT molecular complexity index is 439. The summed E-state index contributed by atoms with van der Waals surface area (Å²) in [6.45, 7) is 10.6. The van der Waals surface area contributed by atoms with E-state index in [1.807, 2.05) is 25.7 Å². The van der Waals surface area contributed by atoms with E-state index in [9.17, 15) is 4.79 Å². The smallest absolute Gasteiger partial charge is 0.225 e. The highest BCUT2D eigenvalue weighted by molar-refractivity contribution is 5.78. The number of rotatable bonds is 4. The number of amides is 1. The van der Waals surface area contributed by atoms with Crippen molar-refractivity contribution in [3.63, 3.8) is 0 Å². The van der Waals surface area contributed by atoms with Crippen LogP contribution in [0.2, 0.25) is 0 Å². The van der Waals surface area contributed by atoms with E-state index >= 15 is 0 Å². The molecule has 1 aliphatic rings. The average Bonchev–Trinajstić information content (AvgIpc) is 2.75. The van der Waals surface area contributed by atoms with Crippen molar-refractivity contribution >= 4 is 5.91 Å². The molecule has 0 radical (unpaired) electrons. The molecule has 0 aromatic carbocycles. The molecule has 1 aromatic heterocycles. The van der Waals surface area contributed by atoms with Crippen molar-refractivity contribution in [3.05, 3.63) is 17.0 Å². The van der Waals surface area contributed by atoms with E-state index in [0.717, 1.165) is 43.9 Å². The molecule has 0 saturated carbocycles. The van der Waals surface area contributed by atoms with E-state index in [1.165, 1.54) is 5.56 Å². The Morgan fingerprint density at radius 2 is 2.05 bits per heavy atom. The van der Waals surface area contributed by atoms with Gasteiger partial charge >= 0.3 is 0 Å². The highest BCUT2D eigenvalue weighted by Crippen LogP contribution is 2.15. The van der Waals surface area contributed by atoms with Crippen LogP contribution in [0.5, 0.6) is 0 Å². The second-order valence-corrected chi connectivity index (χ2v) is 6.05. The molecule has 1 amide bonds. The van der Waals surface area contributed by atoms with Crippen LogP contribution < -0.4 is 5.32 Å². The van der Waals surface area contributed by atoms with Gasteiger partial charge in [0.15, 0.2) is 0 Å². The third-order valence-corrected chi connectivity index (χ3v) is 4.15. The molecule has 1 saturated heterocycles. The second-order valence-electron chi connectivity index (χ2n) is 6.05. The van der Waals surface area contributed by atoms with E-state index in [0.29, 0.717) is 6.04 Å². The predicted octanol–water partition coefficient (Wildman–Crippen LogP) is 1.76. The van der Waals surface area contributed by atoms with Gasteiger partial charge in [-0.25, -0.2) is 0 Å². The van der Waals surface area contributed by atoms with Crippen molar-refractivity contribution in [2.75, 3.05) is 13.1 Å². The van der Waals surface area contributed by atoms with E-state index < -0.39 is 0 Å². The van der Waals surface area contributed by atoms with Gasteiger partial charge in [0.1, 0.15) is 0 Å². The van der Waals surface area contributed by atoms with Gasteiger partial charge in [0, 0.05) is 42.9 Å². The number of piperidine rings is 1. The van der Waals surface area contributed by atoms with Gasteiger partial charge in [-0.2, -0.15) is 5.10 Å². The fraction of sp³-hybridized carbons (Fsp3) is 0.733. The third-order valence-electron chi connectivity index (χ3n) is 4.15. The zero-order valence-corrected chi connectivity index (χ0v) is 13.0. The zero-order valence-electron chi connectivity index (χ0n) is 13.0. The van der Waals surface area contributed by atoms with Crippen LogP contribution in [-0.4, -0.2) is 40.1 Å². The largest absolute Gasteiger partial charge is 0.342 e. The topological polar surface area (TPSA) is 61.0 Å². The molecule has 0 aliphatic carbocycles. The van der Waals surface area contributed by atoms with Crippen molar-refractivity contribution in [3.8, 4) is 0 Å². The summed E-state index contributed by atoms with van der Waals surface area (Å²) >= 11 is 0. The number of hydrogen-bond donors (Lipinski definition) is 2. The van der Waals surface area contributed by atoms with Crippen LogP contribution in [0.1, 0.15) is 43.6 Å². The Kier molecular flexibility index (Phi) is 4.81. The lowest BCUT2D eigenvalue weighted by Gasteiger charge is -2.33. The number of H-pyrrole nitrogens is 1. The molecule has 5 heteroatoms. The van der Waals surface area contributed by atoms with Gasteiger partial charge in [-0.1, -0.05) is 13.8 Å². The molecule has 2 N–H and O–H groups in total. The summed E-state index contributed by atoms with van der Waals surface area (Å²) in [7, 11) is 0. The molecule has 20 heavy (non-hydrogen) atoms. The quantitative estimate of drug-likeness (QED) is 0.882. The number of carbonyl (C=O) groups is 1. The lowest BCUT2D eigenvalue weighted by molar-refractivity contribution is -0.135. The maximum atomic E-state index is 11.9. The Balaban J connectivity index is 1.79. The molecule has 0 spiro atoms. The monoisotopic (exact) mass is 278 g/mol. The minimum Gasteiger partial charge on any atom is -0.342 e. The number of aryl methyl sites for hydroxylation is 2. The van der Waals surface area contributed by atoms with Gasteiger partial charge in [-0.3, -0.25) is 9.89 Å². The highest BCUT2D eigenvalue weighted by atomic mass is 16.2. The Labute approximate surface area is 121 Å².